The van der Waals surface area contributed by atoms with Crippen molar-refractivity contribution in [2.75, 3.05) is 5.32 Å². The maximum atomic E-state index is 12.0. The van der Waals surface area contributed by atoms with E-state index in [1.165, 1.54) is 0 Å². The molecule has 0 unspecified atom stereocenters. The summed E-state index contributed by atoms with van der Waals surface area (Å²) in [4.78, 5) is 16.2. The van der Waals surface area contributed by atoms with Gasteiger partial charge in [0.15, 0.2) is 0 Å². The summed E-state index contributed by atoms with van der Waals surface area (Å²) >= 11 is 0. The van der Waals surface area contributed by atoms with Gasteiger partial charge in [0, 0.05) is 18.0 Å². The number of pyridine rings is 1. The van der Waals surface area contributed by atoms with Gasteiger partial charge in [0.05, 0.1) is 6.20 Å². The number of carbonyl (C=O) groups is 1. The topological polar surface area (TPSA) is 75.1 Å². The zero-order valence-corrected chi connectivity index (χ0v) is 9.71. The molecular formula is C12H11N5O. The molecule has 0 aliphatic heterocycles. The first-order valence-corrected chi connectivity index (χ1v) is 5.49. The number of aromatic nitrogens is 4. The van der Waals surface area contributed by atoms with Gasteiger partial charge in [-0.05, 0) is 19.1 Å². The quantitative estimate of drug-likeness (QED) is 0.715. The predicted molar refractivity (Wildman–Crippen MR) is 66.5 cm³/mol. The number of amides is 1. The number of aryl methyl sites for hydroxylation is 1. The number of H-pyrrole nitrogens is 1. The Morgan fingerprint density at radius 2 is 2.28 bits per heavy atom. The van der Waals surface area contributed by atoms with Crippen molar-refractivity contribution in [2.24, 2.45) is 0 Å². The summed E-state index contributed by atoms with van der Waals surface area (Å²) in [6.45, 7) is 1.96. The highest BCUT2D eigenvalue weighted by molar-refractivity contribution is 6.02. The Kier molecular flexibility index (Phi) is 2.33. The molecule has 0 saturated carbocycles. The summed E-state index contributed by atoms with van der Waals surface area (Å²) in [6.07, 6.45) is 3.29. The summed E-state index contributed by atoms with van der Waals surface area (Å²) < 4.78 is 1.88. The van der Waals surface area contributed by atoms with Gasteiger partial charge in [-0.2, -0.15) is 5.10 Å². The smallest absolute Gasteiger partial charge is 0.277 e. The number of fused-ring (bicyclic) bond motifs is 1. The van der Waals surface area contributed by atoms with Crippen LogP contribution in [0.1, 0.15) is 16.2 Å². The van der Waals surface area contributed by atoms with E-state index in [0.29, 0.717) is 11.5 Å². The van der Waals surface area contributed by atoms with Crippen LogP contribution in [-0.2, 0) is 0 Å². The third-order valence-electron chi connectivity index (χ3n) is 2.68. The van der Waals surface area contributed by atoms with Crippen LogP contribution in [0.15, 0.2) is 36.7 Å². The number of nitrogens with one attached hydrogen (secondary N) is 2. The molecule has 0 saturated heterocycles. The maximum absolute atomic E-state index is 12.0. The Morgan fingerprint density at radius 1 is 1.39 bits per heavy atom. The molecule has 0 bridgehead atoms. The first kappa shape index (κ1) is 10.5. The van der Waals surface area contributed by atoms with Gasteiger partial charge >= 0.3 is 0 Å². The summed E-state index contributed by atoms with van der Waals surface area (Å²) in [5, 5.41) is 9.11. The molecular weight excluding hydrogens is 230 g/mol. The second-order valence-electron chi connectivity index (χ2n) is 3.95. The molecule has 1 amide bonds. The summed E-state index contributed by atoms with van der Waals surface area (Å²) in [7, 11) is 0. The lowest BCUT2D eigenvalue weighted by Gasteiger charge is -1.97. The van der Waals surface area contributed by atoms with Crippen LogP contribution in [0.25, 0.3) is 5.65 Å². The lowest BCUT2D eigenvalue weighted by Crippen LogP contribution is -2.12. The highest BCUT2D eigenvalue weighted by Crippen LogP contribution is 2.10. The van der Waals surface area contributed by atoms with Gasteiger partial charge in [-0.3, -0.25) is 9.89 Å². The fourth-order valence-electron chi connectivity index (χ4n) is 1.77. The van der Waals surface area contributed by atoms with E-state index in [0.717, 1.165) is 11.3 Å². The van der Waals surface area contributed by atoms with Crippen LogP contribution in [0.3, 0.4) is 0 Å². The number of rotatable bonds is 2. The zero-order valence-electron chi connectivity index (χ0n) is 9.71. The number of hydrogen-bond acceptors (Lipinski definition) is 3. The number of nitrogens with zero attached hydrogens (tertiary/aromatic N) is 3. The first-order chi connectivity index (χ1) is 8.74. The summed E-state index contributed by atoms with van der Waals surface area (Å²) in [5.41, 5.74) is 2.16. The highest BCUT2D eigenvalue weighted by atomic mass is 16.2. The third-order valence-corrected chi connectivity index (χ3v) is 2.68. The molecule has 0 atom stereocenters. The second kappa shape index (κ2) is 3.99. The number of anilines is 1. The number of aromatic amines is 1. The van der Waals surface area contributed by atoms with Crippen LogP contribution in [-0.4, -0.2) is 25.5 Å². The molecule has 3 aromatic heterocycles. The van der Waals surface area contributed by atoms with Gasteiger partial charge in [0.2, 0.25) is 0 Å². The van der Waals surface area contributed by atoms with Crippen molar-refractivity contribution in [2.45, 2.75) is 6.92 Å². The Labute approximate surface area is 103 Å². The number of hydrogen-bond donors (Lipinski definition) is 2. The molecule has 0 spiro atoms. The third kappa shape index (κ3) is 1.73. The van der Waals surface area contributed by atoms with Gasteiger partial charge < -0.3 is 9.72 Å². The maximum Gasteiger partial charge on any atom is 0.277 e. The van der Waals surface area contributed by atoms with Crippen molar-refractivity contribution in [3.8, 4) is 0 Å². The minimum absolute atomic E-state index is 0.262. The minimum atomic E-state index is -0.262. The van der Waals surface area contributed by atoms with E-state index in [-0.39, 0.29) is 5.91 Å². The van der Waals surface area contributed by atoms with Crippen molar-refractivity contribution in [3.05, 3.63) is 48.0 Å². The standard InChI is InChI=1S/C12H11N5O/c1-8-3-2-4-11-14-9(7-17(8)11)12(18)15-10-5-6-13-16-10/h2-7H,1H3,(H2,13,15,16,18). The molecule has 3 aromatic rings. The normalized spacial score (nSPS) is 10.7. The summed E-state index contributed by atoms with van der Waals surface area (Å²) in [6, 6.07) is 7.42. The van der Waals surface area contributed by atoms with Crippen molar-refractivity contribution >= 4 is 17.4 Å². The van der Waals surface area contributed by atoms with Gasteiger partial charge in [0.1, 0.15) is 17.2 Å². The Balaban J connectivity index is 1.94. The molecule has 3 heterocycles. The molecule has 18 heavy (non-hydrogen) atoms. The van der Waals surface area contributed by atoms with E-state index < -0.39 is 0 Å². The average molecular weight is 241 g/mol. The minimum Gasteiger partial charge on any atom is -0.306 e. The molecule has 0 aliphatic carbocycles. The van der Waals surface area contributed by atoms with Crippen LogP contribution in [0.2, 0.25) is 0 Å². The van der Waals surface area contributed by atoms with Gasteiger partial charge in [-0.25, -0.2) is 4.98 Å². The van der Waals surface area contributed by atoms with Crippen LogP contribution in [0.5, 0.6) is 0 Å². The molecule has 6 nitrogen and oxygen atoms in total. The van der Waals surface area contributed by atoms with Crippen LogP contribution >= 0.6 is 0 Å². The molecule has 2 N–H and O–H groups in total. The van der Waals surface area contributed by atoms with Crippen LogP contribution in [0, 0.1) is 6.92 Å². The Hall–Kier alpha value is -2.63. The second-order valence-corrected chi connectivity index (χ2v) is 3.95. The summed E-state index contributed by atoms with van der Waals surface area (Å²) in [5.74, 6) is 0.288. The molecule has 6 heteroatoms. The van der Waals surface area contributed by atoms with Crippen molar-refractivity contribution in [1.82, 2.24) is 19.6 Å². The van der Waals surface area contributed by atoms with E-state index in [4.69, 9.17) is 0 Å². The van der Waals surface area contributed by atoms with Gasteiger partial charge in [0.25, 0.3) is 5.91 Å². The Morgan fingerprint density at radius 3 is 3.00 bits per heavy atom. The molecule has 3 rings (SSSR count). The van der Waals surface area contributed by atoms with E-state index >= 15 is 0 Å². The van der Waals surface area contributed by atoms with Crippen molar-refractivity contribution in [3.63, 3.8) is 0 Å². The number of imidazole rings is 1. The first-order valence-electron chi connectivity index (χ1n) is 5.49. The fraction of sp³-hybridized carbons (Fsp3) is 0.0833. The molecule has 0 aromatic carbocycles. The van der Waals surface area contributed by atoms with Crippen molar-refractivity contribution in [1.29, 1.82) is 0 Å². The largest absolute Gasteiger partial charge is 0.306 e. The van der Waals surface area contributed by atoms with Crippen LogP contribution < -0.4 is 5.32 Å². The van der Waals surface area contributed by atoms with Gasteiger partial charge in [-0.1, -0.05) is 6.07 Å². The lowest BCUT2D eigenvalue weighted by molar-refractivity contribution is 0.102. The Bertz CT molecular complexity index is 698. The average Bonchev–Trinajstić information content (AvgIpc) is 2.97. The van der Waals surface area contributed by atoms with E-state index in [2.05, 4.69) is 20.5 Å². The highest BCUT2D eigenvalue weighted by Gasteiger charge is 2.11. The van der Waals surface area contributed by atoms with E-state index in [1.54, 1.807) is 18.5 Å². The molecule has 0 radical (unpaired) electrons. The zero-order chi connectivity index (χ0) is 12.5. The van der Waals surface area contributed by atoms with E-state index in [1.807, 2.05) is 29.5 Å². The van der Waals surface area contributed by atoms with Crippen LogP contribution in [0.4, 0.5) is 5.82 Å². The SMILES string of the molecule is Cc1cccc2nc(C(=O)Nc3ccn[nH]3)cn12. The molecule has 0 aliphatic rings. The lowest BCUT2D eigenvalue weighted by atomic mass is 10.4. The van der Waals surface area contributed by atoms with Crippen molar-refractivity contribution < 1.29 is 4.79 Å². The predicted octanol–water partition coefficient (Wildman–Crippen LogP) is 1.62. The number of carbonyl (C=O) groups excluding carboxylic acids is 1. The van der Waals surface area contributed by atoms with Gasteiger partial charge in [-0.15, -0.1) is 0 Å². The molecule has 90 valence electrons. The molecule has 0 fully saturated rings. The monoisotopic (exact) mass is 241 g/mol. The fourth-order valence-corrected chi connectivity index (χ4v) is 1.77. The van der Waals surface area contributed by atoms with E-state index in [9.17, 15) is 4.79 Å².